The lowest BCUT2D eigenvalue weighted by Crippen LogP contribution is -2.11. The molecule has 18 heavy (non-hydrogen) atoms. The van der Waals surface area contributed by atoms with Gasteiger partial charge >= 0.3 is 11.9 Å². The van der Waals surface area contributed by atoms with Gasteiger partial charge in [0.2, 0.25) is 0 Å². The first-order chi connectivity index (χ1) is 8.56. The number of esters is 2. The van der Waals surface area contributed by atoms with Crippen molar-refractivity contribution >= 4 is 28.3 Å². The third kappa shape index (κ3) is 2.80. The Labute approximate surface area is 109 Å². The molecule has 0 bridgehead atoms. The molecule has 1 rings (SSSR count). The molecule has 0 fully saturated rings. The summed E-state index contributed by atoms with van der Waals surface area (Å²) in [5, 5.41) is 0.223. The quantitative estimate of drug-likeness (QED) is 0.817. The van der Waals surface area contributed by atoms with Crippen molar-refractivity contribution in [2.24, 2.45) is 0 Å². The Morgan fingerprint density at radius 3 is 2.44 bits per heavy atom. The highest BCUT2D eigenvalue weighted by Gasteiger charge is 2.27. The molecule has 1 aromatic rings. The van der Waals surface area contributed by atoms with Crippen LogP contribution in [0.1, 0.15) is 32.5 Å². The largest absolute Gasteiger partial charge is 0.465 e. The lowest BCUT2D eigenvalue weighted by Gasteiger charge is -2.05. The van der Waals surface area contributed by atoms with E-state index < -0.39 is 11.9 Å². The third-order valence-electron chi connectivity index (χ3n) is 2.17. The van der Waals surface area contributed by atoms with E-state index in [-0.39, 0.29) is 28.7 Å². The fourth-order valence-corrected chi connectivity index (χ4v) is 2.43. The molecular formula is C11H15NO5S. The highest BCUT2D eigenvalue weighted by Crippen LogP contribution is 2.32. The van der Waals surface area contributed by atoms with E-state index in [9.17, 15) is 9.59 Å². The minimum atomic E-state index is -0.562. The van der Waals surface area contributed by atoms with Crippen LogP contribution >= 0.6 is 11.3 Å². The second kappa shape index (κ2) is 6.36. The first kappa shape index (κ1) is 14.5. The number of rotatable bonds is 5. The summed E-state index contributed by atoms with van der Waals surface area (Å²) in [7, 11) is 2.72. The molecule has 1 aromatic heterocycles. The predicted molar refractivity (Wildman–Crippen MR) is 66.7 cm³/mol. The number of hydrogen-bond donors (Lipinski definition) is 1. The second-order valence-electron chi connectivity index (χ2n) is 3.29. The molecule has 2 N–H and O–H groups in total. The molecule has 100 valence electrons. The fourth-order valence-electron chi connectivity index (χ4n) is 1.45. The molecule has 0 aliphatic rings. The Bertz CT molecular complexity index is 455. The number of hydrogen-bond acceptors (Lipinski definition) is 7. The van der Waals surface area contributed by atoms with Crippen LogP contribution in [0.5, 0.6) is 0 Å². The minimum Gasteiger partial charge on any atom is -0.465 e. The number of methoxy groups -OCH3 is 2. The Morgan fingerprint density at radius 1 is 1.28 bits per heavy atom. The van der Waals surface area contributed by atoms with Gasteiger partial charge in [-0.2, -0.15) is 0 Å². The SMILES string of the molecule is CCOC(=O)c1c(N)sc(C(=O)OC)c1COC. The molecule has 0 aromatic carbocycles. The van der Waals surface area contributed by atoms with E-state index in [1.165, 1.54) is 14.2 Å². The Kier molecular flexibility index (Phi) is 5.11. The predicted octanol–water partition coefficient (Wildman–Crippen LogP) is 1.44. The van der Waals surface area contributed by atoms with Crippen LogP contribution in [0.2, 0.25) is 0 Å². The number of thiophene rings is 1. The van der Waals surface area contributed by atoms with Gasteiger partial charge in [-0.1, -0.05) is 0 Å². The zero-order chi connectivity index (χ0) is 13.7. The number of nitrogens with two attached hydrogens (primary N) is 1. The average Bonchev–Trinajstić information content (AvgIpc) is 2.66. The lowest BCUT2D eigenvalue weighted by atomic mass is 10.1. The molecule has 1 heterocycles. The molecule has 0 atom stereocenters. The zero-order valence-electron chi connectivity index (χ0n) is 10.4. The van der Waals surface area contributed by atoms with Crippen LogP contribution in [-0.4, -0.2) is 32.8 Å². The van der Waals surface area contributed by atoms with Crippen LogP contribution in [0.3, 0.4) is 0 Å². The number of nitrogen functional groups attached to an aromatic ring is 1. The van der Waals surface area contributed by atoms with Crippen LogP contribution in [0.25, 0.3) is 0 Å². The van der Waals surface area contributed by atoms with Gasteiger partial charge in [0.25, 0.3) is 0 Å². The third-order valence-corrected chi connectivity index (χ3v) is 3.21. The highest BCUT2D eigenvalue weighted by atomic mass is 32.1. The molecule has 0 radical (unpaired) electrons. The van der Waals surface area contributed by atoms with Crippen LogP contribution in [-0.2, 0) is 20.8 Å². The van der Waals surface area contributed by atoms with E-state index in [0.29, 0.717) is 5.56 Å². The topological polar surface area (TPSA) is 87.9 Å². The van der Waals surface area contributed by atoms with E-state index in [2.05, 4.69) is 4.74 Å². The van der Waals surface area contributed by atoms with Gasteiger partial charge < -0.3 is 19.9 Å². The van der Waals surface area contributed by atoms with Crippen LogP contribution < -0.4 is 5.73 Å². The number of ether oxygens (including phenoxy) is 3. The van der Waals surface area contributed by atoms with E-state index in [1.807, 2.05) is 0 Å². The van der Waals surface area contributed by atoms with Crippen molar-refractivity contribution in [3.8, 4) is 0 Å². The Hall–Kier alpha value is -1.60. The lowest BCUT2D eigenvalue weighted by molar-refractivity contribution is 0.0523. The van der Waals surface area contributed by atoms with Gasteiger partial charge in [-0.05, 0) is 6.92 Å². The minimum absolute atomic E-state index is 0.0896. The standard InChI is InChI=1S/C11H15NO5S/c1-4-17-10(13)7-6(5-15-2)8(11(14)16-3)18-9(7)12/h4-5,12H2,1-3H3. The average molecular weight is 273 g/mol. The summed E-state index contributed by atoms with van der Waals surface area (Å²) in [6.45, 7) is 2.01. The van der Waals surface area contributed by atoms with Crippen molar-refractivity contribution in [2.75, 3.05) is 26.6 Å². The number of anilines is 1. The molecule has 7 heteroatoms. The van der Waals surface area contributed by atoms with E-state index in [0.717, 1.165) is 11.3 Å². The maximum absolute atomic E-state index is 11.8. The smallest absolute Gasteiger partial charge is 0.348 e. The van der Waals surface area contributed by atoms with E-state index in [4.69, 9.17) is 15.2 Å². The summed E-state index contributed by atoms with van der Waals surface area (Å²) in [6.07, 6.45) is 0. The normalized spacial score (nSPS) is 10.2. The second-order valence-corrected chi connectivity index (χ2v) is 4.35. The molecule has 0 unspecified atom stereocenters. The zero-order valence-corrected chi connectivity index (χ0v) is 11.3. The molecule has 0 saturated carbocycles. The summed E-state index contributed by atoms with van der Waals surface area (Å²) in [4.78, 5) is 23.6. The van der Waals surface area contributed by atoms with Crippen molar-refractivity contribution in [1.82, 2.24) is 0 Å². The maximum Gasteiger partial charge on any atom is 0.348 e. The summed E-state index contributed by atoms with van der Waals surface area (Å²) in [5.74, 6) is -1.11. The molecule has 0 saturated heterocycles. The molecular weight excluding hydrogens is 258 g/mol. The summed E-state index contributed by atoms with van der Waals surface area (Å²) >= 11 is 0.990. The monoisotopic (exact) mass is 273 g/mol. The van der Waals surface area contributed by atoms with Gasteiger partial charge in [0, 0.05) is 12.7 Å². The maximum atomic E-state index is 11.8. The summed E-state index contributed by atoms with van der Waals surface area (Å²) in [6, 6.07) is 0. The van der Waals surface area contributed by atoms with Gasteiger partial charge in [0.15, 0.2) is 0 Å². The summed E-state index contributed by atoms with van der Waals surface area (Å²) < 4.78 is 14.5. The molecule has 6 nitrogen and oxygen atoms in total. The van der Waals surface area contributed by atoms with Crippen molar-refractivity contribution < 1.29 is 23.8 Å². The fraction of sp³-hybridized carbons (Fsp3) is 0.455. The van der Waals surface area contributed by atoms with Crippen molar-refractivity contribution in [2.45, 2.75) is 13.5 Å². The first-order valence-electron chi connectivity index (χ1n) is 5.22. The van der Waals surface area contributed by atoms with Gasteiger partial charge in [-0.25, -0.2) is 9.59 Å². The summed E-state index contributed by atoms with van der Waals surface area (Å²) in [5.41, 5.74) is 6.34. The number of carbonyl (C=O) groups excluding carboxylic acids is 2. The van der Waals surface area contributed by atoms with Crippen molar-refractivity contribution in [3.05, 3.63) is 16.0 Å². The number of carbonyl (C=O) groups is 2. The van der Waals surface area contributed by atoms with E-state index in [1.54, 1.807) is 6.92 Å². The van der Waals surface area contributed by atoms with Crippen LogP contribution in [0, 0.1) is 0 Å². The Balaban J connectivity index is 3.27. The molecule has 0 aliphatic heterocycles. The van der Waals surface area contributed by atoms with Gasteiger partial charge in [-0.3, -0.25) is 0 Å². The van der Waals surface area contributed by atoms with Crippen molar-refractivity contribution in [1.29, 1.82) is 0 Å². The van der Waals surface area contributed by atoms with Crippen molar-refractivity contribution in [3.63, 3.8) is 0 Å². The Morgan fingerprint density at radius 2 is 1.94 bits per heavy atom. The highest BCUT2D eigenvalue weighted by molar-refractivity contribution is 7.18. The van der Waals surface area contributed by atoms with E-state index >= 15 is 0 Å². The van der Waals surface area contributed by atoms with Gasteiger partial charge in [-0.15, -0.1) is 11.3 Å². The molecule has 0 amide bonds. The van der Waals surface area contributed by atoms with Gasteiger partial charge in [0.05, 0.1) is 20.3 Å². The van der Waals surface area contributed by atoms with Crippen LogP contribution in [0.4, 0.5) is 5.00 Å². The van der Waals surface area contributed by atoms with Crippen LogP contribution in [0.15, 0.2) is 0 Å². The molecule has 0 spiro atoms. The first-order valence-corrected chi connectivity index (χ1v) is 6.03. The van der Waals surface area contributed by atoms with Gasteiger partial charge in [0.1, 0.15) is 15.4 Å². The molecule has 0 aliphatic carbocycles.